The highest BCUT2D eigenvalue weighted by Gasteiger charge is 2.29. The van der Waals surface area contributed by atoms with Crippen molar-refractivity contribution < 1.29 is 14.3 Å². The summed E-state index contributed by atoms with van der Waals surface area (Å²) in [5, 5.41) is 0. The van der Waals surface area contributed by atoms with Gasteiger partial charge in [0, 0.05) is 11.1 Å². The Bertz CT molecular complexity index is 954. The first-order valence-corrected chi connectivity index (χ1v) is 10.3. The Morgan fingerprint density at radius 2 is 1.43 bits per heavy atom. The number of halogens is 1. The second-order valence-electron chi connectivity index (χ2n) is 6.84. The summed E-state index contributed by atoms with van der Waals surface area (Å²) in [6.45, 7) is 0.890. The molecule has 0 saturated carbocycles. The zero-order valence-electron chi connectivity index (χ0n) is 15.4. The molecule has 0 aromatic heterocycles. The molecule has 1 atom stereocenters. The highest BCUT2D eigenvalue weighted by Crippen LogP contribution is 2.39. The number of benzene rings is 3. The van der Waals surface area contributed by atoms with Crippen LogP contribution in [0.15, 0.2) is 72.8 Å². The Morgan fingerprint density at radius 1 is 0.821 bits per heavy atom. The van der Waals surface area contributed by atoms with Crippen molar-refractivity contribution in [3.63, 3.8) is 0 Å². The van der Waals surface area contributed by atoms with Crippen LogP contribution in [-0.4, -0.2) is 10.6 Å². The van der Waals surface area contributed by atoms with E-state index < -0.39 is 0 Å². The minimum Gasteiger partial charge on any atom is -0.485 e. The molecule has 4 rings (SSSR count). The number of carbonyl (C=O) groups excluding carboxylic acids is 1. The van der Waals surface area contributed by atoms with Gasteiger partial charge in [-0.05, 0) is 36.1 Å². The topological polar surface area (TPSA) is 35.5 Å². The van der Waals surface area contributed by atoms with Crippen molar-refractivity contribution in [1.29, 1.82) is 0 Å². The summed E-state index contributed by atoms with van der Waals surface area (Å²) in [4.78, 5) is 12.5. The normalized spacial score (nSPS) is 15.8. The Labute approximate surface area is 173 Å². The molecular formula is C24H21BrO3. The molecule has 1 unspecified atom stereocenters. The van der Waals surface area contributed by atoms with Crippen LogP contribution >= 0.6 is 15.9 Å². The lowest BCUT2D eigenvalue weighted by Gasteiger charge is -2.24. The van der Waals surface area contributed by atoms with Gasteiger partial charge in [0.05, 0.1) is 4.83 Å². The van der Waals surface area contributed by atoms with Crippen molar-refractivity contribution in [2.24, 2.45) is 0 Å². The molecule has 28 heavy (non-hydrogen) atoms. The quantitative estimate of drug-likeness (QED) is 0.462. The van der Waals surface area contributed by atoms with Crippen LogP contribution in [0, 0.1) is 0 Å². The molecule has 0 radical (unpaired) electrons. The average Bonchev–Trinajstić information content (AvgIpc) is 2.75. The number of carbonyl (C=O) groups is 1. The Kier molecular flexibility index (Phi) is 5.77. The van der Waals surface area contributed by atoms with Gasteiger partial charge in [0.25, 0.3) is 0 Å². The minimum absolute atomic E-state index is 0.112. The van der Waals surface area contributed by atoms with Gasteiger partial charge in [-0.1, -0.05) is 76.6 Å². The highest BCUT2D eigenvalue weighted by molar-refractivity contribution is 9.10. The van der Waals surface area contributed by atoms with Crippen molar-refractivity contribution in [2.75, 3.05) is 0 Å². The highest BCUT2D eigenvalue weighted by atomic mass is 79.9. The number of ketones is 1. The Balaban J connectivity index is 1.63. The lowest BCUT2D eigenvalue weighted by Crippen LogP contribution is -2.23. The van der Waals surface area contributed by atoms with Crippen molar-refractivity contribution in [2.45, 2.75) is 30.9 Å². The predicted octanol–water partition coefficient (Wildman–Crippen LogP) is 5.74. The molecule has 4 heteroatoms. The minimum atomic E-state index is -0.127. The summed E-state index contributed by atoms with van der Waals surface area (Å²) in [6.07, 6.45) is 1.54. The number of Topliss-reactive ketones (excluding diaryl/α,β-unsaturated/α-hetero) is 1. The molecule has 3 nitrogen and oxygen atoms in total. The molecule has 0 aliphatic heterocycles. The van der Waals surface area contributed by atoms with E-state index in [1.54, 1.807) is 0 Å². The van der Waals surface area contributed by atoms with Gasteiger partial charge in [0.2, 0.25) is 0 Å². The third-order valence-electron chi connectivity index (χ3n) is 4.89. The maximum atomic E-state index is 12.6. The van der Waals surface area contributed by atoms with Gasteiger partial charge in [-0.15, -0.1) is 0 Å². The fraction of sp³-hybridized carbons (Fsp3) is 0.208. The molecule has 0 fully saturated rings. The largest absolute Gasteiger partial charge is 0.485 e. The maximum Gasteiger partial charge on any atom is 0.176 e. The summed E-state index contributed by atoms with van der Waals surface area (Å²) < 4.78 is 12.3. The zero-order chi connectivity index (χ0) is 19.3. The van der Waals surface area contributed by atoms with Crippen LogP contribution in [0.1, 0.15) is 33.5 Å². The van der Waals surface area contributed by atoms with Crippen LogP contribution < -0.4 is 9.47 Å². The SMILES string of the molecule is O=C1c2ccc(OCc3ccccc3)c(OCc3ccccc3)c2CCC1Br. The maximum absolute atomic E-state index is 12.6. The van der Waals surface area contributed by atoms with Crippen LogP contribution in [-0.2, 0) is 19.6 Å². The fourth-order valence-corrected chi connectivity index (χ4v) is 3.87. The molecule has 1 aliphatic carbocycles. The second kappa shape index (κ2) is 8.61. The predicted molar refractivity (Wildman–Crippen MR) is 113 cm³/mol. The number of alkyl halides is 1. The number of fused-ring (bicyclic) bond motifs is 1. The first kappa shape index (κ1) is 18.8. The van der Waals surface area contributed by atoms with Gasteiger partial charge in [0.1, 0.15) is 13.2 Å². The number of hydrogen-bond donors (Lipinski definition) is 0. The smallest absolute Gasteiger partial charge is 0.176 e. The van der Waals surface area contributed by atoms with Crippen molar-refractivity contribution in [1.82, 2.24) is 0 Å². The van der Waals surface area contributed by atoms with Crippen LogP contribution in [0.2, 0.25) is 0 Å². The van der Waals surface area contributed by atoms with Crippen molar-refractivity contribution in [3.8, 4) is 11.5 Å². The standard InChI is InChI=1S/C24H21BrO3/c25-21-13-11-20-19(23(21)26)12-14-22(27-15-17-7-3-1-4-8-17)24(20)28-16-18-9-5-2-6-10-18/h1-10,12,14,21H,11,13,15-16H2. The van der Waals surface area contributed by atoms with Gasteiger partial charge in [-0.2, -0.15) is 0 Å². The molecule has 0 bridgehead atoms. The molecular weight excluding hydrogens is 416 g/mol. The number of ether oxygens (including phenoxy) is 2. The molecule has 0 heterocycles. The van der Waals surface area contributed by atoms with Crippen molar-refractivity contribution in [3.05, 3.63) is 95.1 Å². The average molecular weight is 437 g/mol. The Morgan fingerprint density at radius 3 is 2.07 bits per heavy atom. The molecule has 142 valence electrons. The molecule has 0 spiro atoms. The van der Waals surface area contributed by atoms with Crippen LogP contribution in [0.25, 0.3) is 0 Å². The second-order valence-corrected chi connectivity index (χ2v) is 7.94. The molecule has 1 aliphatic rings. The van der Waals surface area contributed by atoms with E-state index in [0.29, 0.717) is 24.7 Å². The van der Waals surface area contributed by atoms with Crippen LogP contribution in [0.4, 0.5) is 0 Å². The molecule has 3 aromatic carbocycles. The van der Waals surface area contributed by atoms with E-state index in [1.807, 2.05) is 72.8 Å². The molecule has 0 amide bonds. The third-order valence-corrected chi connectivity index (χ3v) is 5.76. The summed E-state index contributed by atoms with van der Waals surface area (Å²) in [5.74, 6) is 1.48. The van der Waals surface area contributed by atoms with Gasteiger partial charge < -0.3 is 9.47 Å². The lowest BCUT2D eigenvalue weighted by molar-refractivity contribution is 0.0980. The van der Waals surface area contributed by atoms with E-state index in [4.69, 9.17) is 9.47 Å². The van der Waals surface area contributed by atoms with Crippen LogP contribution in [0.3, 0.4) is 0 Å². The van der Waals surface area contributed by atoms with E-state index in [1.165, 1.54) is 0 Å². The molecule has 0 N–H and O–H groups in total. The lowest BCUT2D eigenvalue weighted by atomic mass is 9.89. The first-order chi connectivity index (χ1) is 13.7. The number of rotatable bonds is 6. The first-order valence-electron chi connectivity index (χ1n) is 9.40. The molecule has 3 aromatic rings. The monoisotopic (exact) mass is 436 g/mol. The van der Waals surface area contributed by atoms with Gasteiger partial charge >= 0.3 is 0 Å². The van der Waals surface area contributed by atoms with Gasteiger partial charge in [-0.3, -0.25) is 4.79 Å². The Hall–Kier alpha value is -2.59. The fourth-order valence-electron chi connectivity index (χ4n) is 3.39. The summed E-state index contributed by atoms with van der Waals surface area (Å²) in [5.41, 5.74) is 3.84. The summed E-state index contributed by atoms with van der Waals surface area (Å²) >= 11 is 3.48. The van der Waals surface area contributed by atoms with E-state index in [9.17, 15) is 4.79 Å². The van der Waals surface area contributed by atoms with E-state index in [2.05, 4.69) is 15.9 Å². The van der Waals surface area contributed by atoms with E-state index in [0.717, 1.165) is 35.1 Å². The summed E-state index contributed by atoms with van der Waals surface area (Å²) in [7, 11) is 0. The van der Waals surface area contributed by atoms with Gasteiger partial charge in [-0.25, -0.2) is 0 Å². The van der Waals surface area contributed by atoms with Gasteiger partial charge in [0.15, 0.2) is 17.3 Å². The van der Waals surface area contributed by atoms with Crippen LogP contribution in [0.5, 0.6) is 11.5 Å². The summed E-state index contributed by atoms with van der Waals surface area (Å²) in [6, 6.07) is 23.8. The molecule has 0 saturated heterocycles. The van der Waals surface area contributed by atoms with E-state index >= 15 is 0 Å². The number of hydrogen-bond acceptors (Lipinski definition) is 3. The zero-order valence-corrected chi connectivity index (χ0v) is 17.0. The van der Waals surface area contributed by atoms with E-state index in [-0.39, 0.29) is 10.6 Å². The van der Waals surface area contributed by atoms with Crippen molar-refractivity contribution >= 4 is 21.7 Å². The third kappa shape index (κ3) is 4.12.